The lowest BCUT2D eigenvalue weighted by atomic mass is 10.2. The van der Waals surface area contributed by atoms with Crippen LogP contribution in [-0.4, -0.2) is 25.5 Å². The maximum atomic E-state index is 12.1. The molecule has 22 heavy (non-hydrogen) atoms. The molecule has 1 amide bonds. The number of rotatable bonds is 4. The average molecular weight is 295 g/mol. The van der Waals surface area contributed by atoms with Crippen molar-refractivity contribution in [2.24, 2.45) is 0 Å². The van der Waals surface area contributed by atoms with Crippen molar-refractivity contribution in [2.45, 2.75) is 26.3 Å². The molecule has 0 aliphatic rings. The van der Waals surface area contributed by atoms with Gasteiger partial charge in [0.1, 0.15) is 0 Å². The Balaban J connectivity index is 1.69. The topological polar surface area (TPSA) is 72.2 Å². The lowest BCUT2D eigenvalue weighted by Crippen LogP contribution is -2.29. The molecule has 0 fully saturated rings. The Morgan fingerprint density at radius 2 is 2.14 bits per heavy atom. The standard InChI is InChI=1S/C16H17N5O/c1-11-6-7-13(10-17-11)9-15(22)18-12(2)16-20-19-14-5-3-4-8-21(14)16/h3-8,10,12H,9H2,1-2H3,(H,18,22). The van der Waals surface area contributed by atoms with Gasteiger partial charge >= 0.3 is 0 Å². The van der Waals surface area contributed by atoms with E-state index in [1.807, 2.05) is 54.8 Å². The first-order chi connectivity index (χ1) is 10.6. The van der Waals surface area contributed by atoms with Gasteiger partial charge in [-0.3, -0.25) is 14.2 Å². The zero-order chi connectivity index (χ0) is 15.5. The number of hydrogen-bond acceptors (Lipinski definition) is 4. The Kier molecular flexibility index (Phi) is 3.82. The van der Waals surface area contributed by atoms with E-state index in [2.05, 4.69) is 20.5 Å². The van der Waals surface area contributed by atoms with Gasteiger partial charge in [0.25, 0.3) is 0 Å². The van der Waals surface area contributed by atoms with Crippen LogP contribution in [0.25, 0.3) is 5.65 Å². The smallest absolute Gasteiger partial charge is 0.225 e. The summed E-state index contributed by atoms with van der Waals surface area (Å²) in [6.07, 6.45) is 3.91. The van der Waals surface area contributed by atoms with E-state index in [0.717, 1.165) is 16.9 Å². The third-order valence-electron chi connectivity index (χ3n) is 3.44. The predicted octanol–water partition coefficient (Wildman–Crippen LogP) is 1.85. The molecule has 0 aliphatic heterocycles. The van der Waals surface area contributed by atoms with E-state index in [1.165, 1.54) is 0 Å². The van der Waals surface area contributed by atoms with Crippen LogP contribution in [0.1, 0.15) is 30.0 Å². The van der Waals surface area contributed by atoms with Crippen LogP contribution in [0.15, 0.2) is 42.7 Å². The molecule has 0 radical (unpaired) electrons. The van der Waals surface area contributed by atoms with Crippen LogP contribution in [-0.2, 0) is 11.2 Å². The highest BCUT2D eigenvalue weighted by Crippen LogP contribution is 2.12. The fourth-order valence-corrected chi connectivity index (χ4v) is 2.30. The number of pyridine rings is 2. The number of aryl methyl sites for hydroxylation is 1. The van der Waals surface area contributed by atoms with E-state index in [4.69, 9.17) is 0 Å². The van der Waals surface area contributed by atoms with E-state index in [9.17, 15) is 4.79 Å². The SMILES string of the molecule is Cc1ccc(CC(=O)NC(C)c2nnc3ccccn23)cn1. The third kappa shape index (κ3) is 2.95. The van der Waals surface area contributed by atoms with Gasteiger partial charge in [-0.25, -0.2) is 0 Å². The number of carbonyl (C=O) groups excluding carboxylic acids is 1. The molecule has 1 unspecified atom stereocenters. The van der Waals surface area contributed by atoms with Crippen LogP contribution < -0.4 is 5.32 Å². The van der Waals surface area contributed by atoms with E-state index in [-0.39, 0.29) is 11.9 Å². The zero-order valence-corrected chi connectivity index (χ0v) is 12.5. The normalized spacial score (nSPS) is 12.3. The number of fused-ring (bicyclic) bond motifs is 1. The first-order valence-electron chi connectivity index (χ1n) is 7.14. The number of aromatic nitrogens is 4. The second-order valence-corrected chi connectivity index (χ2v) is 5.26. The summed E-state index contributed by atoms with van der Waals surface area (Å²) in [7, 11) is 0. The van der Waals surface area contributed by atoms with Gasteiger partial charge in [-0.15, -0.1) is 10.2 Å². The highest BCUT2D eigenvalue weighted by Gasteiger charge is 2.15. The molecular formula is C16H17N5O. The van der Waals surface area contributed by atoms with Gasteiger partial charge in [0, 0.05) is 18.1 Å². The number of hydrogen-bond donors (Lipinski definition) is 1. The Morgan fingerprint density at radius 1 is 1.27 bits per heavy atom. The predicted molar refractivity (Wildman–Crippen MR) is 82.2 cm³/mol. The van der Waals surface area contributed by atoms with Crippen molar-refractivity contribution in [3.05, 3.63) is 59.8 Å². The lowest BCUT2D eigenvalue weighted by Gasteiger charge is -2.12. The molecule has 0 bridgehead atoms. The minimum absolute atomic E-state index is 0.0640. The first-order valence-corrected chi connectivity index (χ1v) is 7.14. The Labute approximate surface area is 128 Å². The summed E-state index contributed by atoms with van der Waals surface area (Å²) in [5, 5.41) is 11.2. The highest BCUT2D eigenvalue weighted by molar-refractivity contribution is 5.78. The van der Waals surface area contributed by atoms with E-state index >= 15 is 0 Å². The van der Waals surface area contributed by atoms with Gasteiger partial charge in [-0.1, -0.05) is 12.1 Å². The second-order valence-electron chi connectivity index (χ2n) is 5.26. The minimum Gasteiger partial charge on any atom is -0.346 e. The summed E-state index contributed by atoms with van der Waals surface area (Å²) in [6, 6.07) is 9.29. The van der Waals surface area contributed by atoms with Crippen molar-refractivity contribution in [3.63, 3.8) is 0 Å². The van der Waals surface area contributed by atoms with Gasteiger partial charge in [0.05, 0.1) is 12.5 Å². The van der Waals surface area contributed by atoms with Crippen molar-refractivity contribution in [3.8, 4) is 0 Å². The molecule has 1 N–H and O–H groups in total. The summed E-state index contributed by atoms with van der Waals surface area (Å²) in [5.41, 5.74) is 2.59. The minimum atomic E-state index is -0.219. The Morgan fingerprint density at radius 3 is 2.91 bits per heavy atom. The number of nitrogens with one attached hydrogen (secondary N) is 1. The van der Waals surface area contributed by atoms with Crippen LogP contribution in [0.4, 0.5) is 0 Å². The molecule has 6 nitrogen and oxygen atoms in total. The highest BCUT2D eigenvalue weighted by atomic mass is 16.1. The fraction of sp³-hybridized carbons (Fsp3) is 0.250. The van der Waals surface area contributed by atoms with Crippen LogP contribution >= 0.6 is 0 Å². The quantitative estimate of drug-likeness (QED) is 0.797. The summed E-state index contributed by atoms with van der Waals surface area (Å²) in [4.78, 5) is 16.3. The molecule has 0 spiro atoms. The van der Waals surface area contributed by atoms with E-state index in [1.54, 1.807) is 6.20 Å². The Bertz CT molecular complexity index is 794. The van der Waals surface area contributed by atoms with E-state index in [0.29, 0.717) is 12.2 Å². The van der Waals surface area contributed by atoms with Crippen molar-refractivity contribution < 1.29 is 4.79 Å². The molecule has 112 valence electrons. The molecule has 3 heterocycles. The first kappa shape index (κ1) is 14.2. The number of carbonyl (C=O) groups is 1. The summed E-state index contributed by atoms with van der Waals surface area (Å²) in [6.45, 7) is 3.82. The molecule has 1 atom stereocenters. The third-order valence-corrected chi connectivity index (χ3v) is 3.44. The molecule has 3 aromatic rings. The molecule has 0 aromatic carbocycles. The molecule has 3 aromatic heterocycles. The van der Waals surface area contributed by atoms with Crippen molar-refractivity contribution in [2.75, 3.05) is 0 Å². The molecule has 0 saturated heterocycles. The van der Waals surface area contributed by atoms with Crippen molar-refractivity contribution in [1.29, 1.82) is 0 Å². The van der Waals surface area contributed by atoms with Crippen LogP contribution in [0, 0.1) is 6.92 Å². The van der Waals surface area contributed by atoms with Gasteiger partial charge in [0.2, 0.25) is 5.91 Å². The zero-order valence-electron chi connectivity index (χ0n) is 12.5. The number of nitrogens with zero attached hydrogens (tertiary/aromatic N) is 4. The van der Waals surface area contributed by atoms with Crippen LogP contribution in [0.5, 0.6) is 0 Å². The Hall–Kier alpha value is -2.76. The van der Waals surface area contributed by atoms with Crippen LogP contribution in [0.3, 0.4) is 0 Å². The monoisotopic (exact) mass is 295 g/mol. The molecule has 0 aliphatic carbocycles. The van der Waals surface area contributed by atoms with Crippen molar-refractivity contribution >= 4 is 11.6 Å². The average Bonchev–Trinajstić information content (AvgIpc) is 2.93. The largest absolute Gasteiger partial charge is 0.346 e. The van der Waals surface area contributed by atoms with Gasteiger partial charge < -0.3 is 5.32 Å². The summed E-state index contributed by atoms with van der Waals surface area (Å²) >= 11 is 0. The molecule has 6 heteroatoms. The molecule has 0 saturated carbocycles. The summed E-state index contributed by atoms with van der Waals surface area (Å²) in [5.74, 6) is 0.650. The maximum Gasteiger partial charge on any atom is 0.225 e. The van der Waals surface area contributed by atoms with E-state index < -0.39 is 0 Å². The fourth-order valence-electron chi connectivity index (χ4n) is 2.30. The van der Waals surface area contributed by atoms with Crippen molar-refractivity contribution in [1.82, 2.24) is 24.9 Å². The lowest BCUT2D eigenvalue weighted by molar-refractivity contribution is -0.121. The maximum absolute atomic E-state index is 12.1. The molecular weight excluding hydrogens is 278 g/mol. The second kappa shape index (κ2) is 5.93. The number of amides is 1. The van der Waals surface area contributed by atoms with Gasteiger partial charge in [-0.05, 0) is 37.6 Å². The summed E-state index contributed by atoms with van der Waals surface area (Å²) < 4.78 is 1.87. The molecule has 3 rings (SSSR count). The van der Waals surface area contributed by atoms with Gasteiger partial charge in [0.15, 0.2) is 11.5 Å². The van der Waals surface area contributed by atoms with Gasteiger partial charge in [-0.2, -0.15) is 0 Å². The van der Waals surface area contributed by atoms with Crippen LogP contribution in [0.2, 0.25) is 0 Å².